The van der Waals surface area contributed by atoms with Crippen LogP contribution < -0.4 is 15.0 Å². The molecule has 0 radical (unpaired) electrons. The molecule has 0 saturated carbocycles. The summed E-state index contributed by atoms with van der Waals surface area (Å²) in [5, 5.41) is 2.85. The predicted molar refractivity (Wildman–Crippen MR) is 106 cm³/mol. The van der Waals surface area contributed by atoms with E-state index in [0.717, 1.165) is 5.56 Å². The van der Waals surface area contributed by atoms with Gasteiger partial charge in [0.25, 0.3) is 0 Å². The van der Waals surface area contributed by atoms with E-state index in [1.165, 1.54) is 13.2 Å². The number of carbonyl (C=O) groups is 2. The third-order valence-corrected chi connectivity index (χ3v) is 4.70. The monoisotopic (exact) mass is 385 g/mol. The second-order valence-electron chi connectivity index (χ2n) is 7.02. The molecule has 0 aromatic heterocycles. The van der Waals surface area contributed by atoms with Gasteiger partial charge in [-0.25, -0.2) is 4.39 Å². The summed E-state index contributed by atoms with van der Waals surface area (Å²) >= 11 is 0. The topological polar surface area (TPSA) is 61.9 Å². The average molecular weight is 385 g/mol. The highest BCUT2D eigenvalue weighted by molar-refractivity contribution is 6.04. The van der Waals surface area contributed by atoms with E-state index in [9.17, 15) is 14.0 Å². The molecule has 2 aromatic carbocycles. The highest BCUT2D eigenvalue weighted by Crippen LogP contribution is 2.31. The van der Waals surface area contributed by atoms with Crippen LogP contribution in [0.2, 0.25) is 0 Å². The van der Waals surface area contributed by atoms with Crippen LogP contribution in [0.1, 0.15) is 18.9 Å². The smallest absolute Gasteiger partial charge is 0.241 e. The number of hydrogen-bond donors (Lipinski definition) is 1. The van der Waals surface area contributed by atoms with Crippen molar-refractivity contribution >= 4 is 23.2 Å². The van der Waals surface area contributed by atoms with Crippen LogP contribution in [0.5, 0.6) is 5.75 Å². The molecule has 0 aliphatic carbocycles. The third-order valence-electron chi connectivity index (χ3n) is 4.70. The molecule has 7 heteroatoms. The number of ether oxygens (including phenoxy) is 1. The van der Waals surface area contributed by atoms with Gasteiger partial charge in [-0.15, -0.1) is 0 Å². The zero-order chi connectivity index (χ0) is 20.3. The van der Waals surface area contributed by atoms with Gasteiger partial charge in [0.15, 0.2) is 11.6 Å². The summed E-state index contributed by atoms with van der Waals surface area (Å²) in [4.78, 5) is 28.6. The van der Waals surface area contributed by atoms with Crippen LogP contribution in [0.3, 0.4) is 0 Å². The van der Waals surface area contributed by atoms with Crippen LogP contribution in [0, 0.1) is 5.82 Å². The zero-order valence-corrected chi connectivity index (χ0v) is 16.2. The number of carbonyl (C=O) groups excluding carboxylic acids is 2. The molecule has 0 bridgehead atoms. The van der Waals surface area contributed by atoms with Crippen LogP contribution in [0.4, 0.5) is 15.8 Å². The third kappa shape index (κ3) is 4.31. The van der Waals surface area contributed by atoms with E-state index in [-0.39, 0.29) is 36.6 Å². The predicted octanol–water partition coefficient (Wildman–Crippen LogP) is 3.03. The fourth-order valence-electron chi connectivity index (χ4n) is 3.45. The molecule has 28 heavy (non-hydrogen) atoms. The number of likely N-dealkylation sites (N-methyl/N-ethyl adjacent to an activating group) is 1. The van der Waals surface area contributed by atoms with Gasteiger partial charge in [0, 0.05) is 19.0 Å². The van der Waals surface area contributed by atoms with E-state index >= 15 is 0 Å². The number of hydrogen-bond acceptors (Lipinski definition) is 4. The maximum atomic E-state index is 13.9. The number of fused-ring (bicyclic) bond motifs is 1. The number of benzene rings is 2. The van der Waals surface area contributed by atoms with Crippen molar-refractivity contribution < 1.29 is 18.7 Å². The molecule has 0 spiro atoms. The number of anilines is 2. The minimum atomic E-state index is -0.431. The van der Waals surface area contributed by atoms with E-state index in [4.69, 9.17) is 4.74 Å². The summed E-state index contributed by atoms with van der Waals surface area (Å²) in [6.07, 6.45) is 0.230. The molecule has 2 aromatic rings. The molecule has 1 aliphatic rings. The van der Waals surface area contributed by atoms with Crippen LogP contribution in [0.25, 0.3) is 0 Å². The lowest BCUT2D eigenvalue weighted by atomic mass is 10.1. The van der Waals surface area contributed by atoms with Crippen molar-refractivity contribution in [2.75, 3.05) is 30.9 Å². The summed E-state index contributed by atoms with van der Waals surface area (Å²) < 4.78 is 18.8. The first-order valence-electron chi connectivity index (χ1n) is 9.11. The molecule has 1 unspecified atom stereocenters. The second-order valence-corrected chi connectivity index (χ2v) is 7.02. The lowest BCUT2D eigenvalue weighted by molar-refractivity contribution is -0.120. The quantitative estimate of drug-likeness (QED) is 0.860. The minimum absolute atomic E-state index is 0.114. The number of rotatable bonds is 5. The van der Waals surface area contributed by atoms with Crippen molar-refractivity contribution in [3.05, 3.63) is 53.8 Å². The number of methoxy groups -OCH3 is 1. The Morgan fingerprint density at radius 2 is 2.07 bits per heavy atom. The van der Waals surface area contributed by atoms with Crippen LogP contribution in [-0.4, -0.2) is 43.5 Å². The van der Waals surface area contributed by atoms with Gasteiger partial charge in [0.05, 0.1) is 25.0 Å². The molecule has 6 nitrogen and oxygen atoms in total. The van der Waals surface area contributed by atoms with Gasteiger partial charge in [0.1, 0.15) is 0 Å². The lowest BCUT2D eigenvalue weighted by Crippen LogP contribution is -2.44. The Hall–Kier alpha value is -2.93. The standard InChI is InChI=1S/C21H24FN3O3/c1-14-10-20(26)23-17-6-4-5-7-18(17)25(14)21(27)13-24(2)12-15-8-9-19(28-3)16(22)11-15/h4-9,11,14H,10,12-13H2,1-3H3,(H,23,26). The minimum Gasteiger partial charge on any atom is -0.494 e. The normalized spacial score (nSPS) is 16.4. The maximum Gasteiger partial charge on any atom is 0.241 e. The molecular weight excluding hydrogens is 361 g/mol. The van der Waals surface area contributed by atoms with Crippen LogP contribution >= 0.6 is 0 Å². The number of nitrogens with zero attached hydrogens (tertiary/aromatic N) is 2. The molecule has 1 N–H and O–H groups in total. The highest BCUT2D eigenvalue weighted by Gasteiger charge is 2.29. The molecular formula is C21H24FN3O3. The average Bonchev–Trinajstić information content (AvgIpc) is 2.75. The van der Waals surface area contributed by atoms with Crippen molar-refractivity contribution in [1.82, 2.24) is 4.90 Å². The Morgan fingerprint density at radius 1 is 1.32 bits per heavy atom. The van der Waals surface area contributed by atoms with Gasteiger partial charge < -0.3 is 15.0 Å². The van der Waals surface area contributed by atoms with Crippen molar-refractivity contribution in [2.45, 2.75) is 25.9 Å². The van der Waals surface area contributed by atoms with E-state index in [1.807, 2.05) is 30.0 Å². The molecule has 2 amide bonds. The summed E-state index contributed by atoms with van der Waals surface area (Å²) in [5.41, 5.74) is 2.06. The SMILES string of the molecule is COc1ccc(CN(C)CC(=O)N2c3ccccc3NC(=O)CC2C)cc1F. The van der Waals surface area contributed by atoms with Gasteiger partial charge in [-0.3, -0.25) is 14.5 Å². The fraction of sp³-hybridized carbons (Fsp3) is 0.333. The van der Waals surface area contributed by atoms with Gasteiger partial charge in [-0.2, -0.15) is 0 Å². The van der Waals surface area contributed by atoms with Crippen LogP contribution in [-0.2, 0) is 16.1 Å². The molecule has 3 rings (SSSR count). The van der Waals surface area contributed by atoms with Gasteiger partial charge in [-0.1, -0.05) is 18.2 Å². The molecule has 0 saturated heterocycles. The Balaban J connectivity index is 1.74. The van der Waals surface area contributed by atoms with Crippen molar-refractivity contribution in [3.8, 4) is 5.75 Å². The number of halogens is 1. The summed E-state index contributed by atoms with van der Waals surface area (Å²) in [6, 6.07) is 11.8. The number of nitrogens with one attached hydrogen (secondary N) is 1. The van der Waals surface area contributed by atoms with E-state index in [0.29, 0.717) is 17.9 Å². The Morgan fingerprint density at radius 3 is 2.79 bits per heavy atom. The molecule has 148 valence electrons. The maximum absolute atomic E-state index is 13.9. The largest absolute Gasteiger partial charge is 0.494 e. The molecule has 0 fully saturated rings. The highest BCUT2D eigenvalue weighted by atomic mass is 19.1. The Bertz CT molecular complexity index is 887. The van der Waals surface area contributed by atoms with Crippen LogP contribution in [0.15, 0.2) is 42.5 Å². The molecule has 1 heterocycles. The zero-order valence-electron chi connectivity index (χ0n) is 16.2. The van der Waals surface area contributed by atoms with Crippen molar-refractivity contribution in [3.63, 3.8) is 0 Å². The Kier molecular flexibility index (Phi) is 5.94. The number of para-hydroxylation sites is 2. The fourth-order valence-corrected chi connectivity index (χ4v) is 3.45. The summed E-state index contributed by atoms with van der Waals surface area (Å²) in [7, 11) is 3.22. The van der Waals surface area contributed by atoms with Crippen molar-refractivity contribution in [1.29, 1.82) is 0 Å². The van der Waals surface area contributed by atoms with E-state index in [1.54, 1.807) is 30.1 Å². The molecule has 1 aliphatic heterocycles. The van der Waals surface area contributed by atoms with Gasteiger partial charge in [0.2, 0.25) is 11.8 Å². The first-order valence-corrected chi connectivity index (χ1v) is 9.11. The van der Waals surface area contributed by atoms with E-state index < -0.39 is 5.82 Å². The first kappa shape index (κ1) is 19.8. The summed E-state index contributed by atoms with van der Waals surface area (Å²) in [5.74, 6) is -0.473. The van der Waals surface area contributed by atoms with Crippen molar-refractivity contribution in [2.24, 2.45) is 0 Å². The van der Waals surface area contributed by atoms with Gasteiger partial charge >= 0.3 is 0 Å². The Labute approximate surface area is 163 Å². The summed E-state index contributed by atoms with van der Waals surface area (Å²) in [6.45, 7) is 2.41. The first-order chi connectivity index (χ1) is 13.4. The van der Waals surface area contributed by atoms with E-state index in [2.05, 4.69) is 5.32 Å². The second kappa shape index (κ2) is 8.39. The number of amides is 2. The lowest BCUT2D eigenvalue weighted by Gasteiger charge is -2.29. The van der Waals surface area contributed by atoms with Gasteiger partial charge in [-0.05, 0) is 43.8 Å². The molecule has 1 atom stereocenters.